The second kappa shape index (κ2) is 10.7. The number of unbranched alkanes of at least 4 members (excludes halogenated alkanes) is 3. The molecular weight excluding hydrogens is 327 g/mol. The lowest BCUT2D eigenvalue weighted by molar-refractivity contribution is 0.0950. The zero-order chi connectivity index (χ0) is 19.6. The summed E-state index contributed by atoms with van der Waals surface area (Å²) in [6.45, 7) is 8.67. The van der Waals surface area contributed by atoms with Gasteiger partial charge in [-0.2, -0.15) is 0 Å². The van der Waals surface area contributed by atoms with Crippen LogP contribution in [0, 0.1) is 0 Å². The SMILES string of the molecule is CCCCCCC(C)(F)Cc1ccc(C(=O)NCCC(C)(C)NC)cc1. The van der Waals surface area contributed by atoms with Crippen molar-refractivity contribution in [2.24, 2.45) is 0 Å². The number of carbonyl (C=O) groups excluding carboxylic acids is 1. The summed E-state index contributed by atoms with van der Waals surface area (Å²) in [4.78, 5) is 12.2. The van der Waals surface area contributed by atoms with Crippen molar-refractivity contribution in [2.45, 2.75) is 83.8 Å². The van der Waals surface area contributed by atoms with Crippen LogP contribution in [0.3, 0.4) is 0 Å². The predicted molar refractivity (Wildman–Crippen MR) is 109 cm³/mol. The van der Waals surface area contributed by atoms with Gasteiger partial charge >= 0.3 is 0 Å². The maximum atomic E-state index is 14.7. The summed E-state index contributed by atoms with van der Waals surface area (Å²) in [6, 6.07) is 7.33. The summed E-state index contributed by atoms with van der Waals surface area (Å²) >= 11 is 0. The van der Waals surface area contributed by atoms with Crippen LogP contribution in [0.4, 0.5) is 4.39 Å². The first-order valence-corrected chi connectivity index (χ1v) is 9.94. The molecule has 0 saturated heterocycles. The molecule has 1 amide bonds. The van der Waals surface area contributed by atoms with Crippen LogP contribution in [0.25, 0.3) is 0 Å². The largest absolute Gasteiger partial charge is 0.352 e. The van der Waals surface area contributed by atoms with Crippen molar-refractivity contribution in [3.05, 3.63) is 35.4 Å². The molecule has 0 aliphatic heterocycles. The summed E-state index contributed by atoms with van der Waals surface area (Å²) in [7, 11) is 1.92. The number of benzene rings is 1. The third-order valence-corrected chi connectivity index (χ3v) is 5.05. The van der Waals surface area contributed by atoms with E-state index in [0.29, 0.717) is 24.9 Å². The van der Waals surface area contributed by atoms with Crippen LogP contribution in [0.5, 0.6) is 0 Å². The fourth-order valence-corrected chi connectivity index (χ4v) is 2.92. The molecule has 0 heterocycles. The van der Waals surface area contributed by atoms with Crippen molar-refractivity contribution in [1.29, 1.82) is 0 Å². The van der Waals surface area contributed by atoms with Gasteiger partial charge in [0, 0.05) is 24.1 Å². The fraction of sp³-hybridized carbons (Fsp3) is 0.682. The van der Waals surface area contributed by atoms with Crippen molar-refractivity contribution in [2.75, 3.05) is 13.6 Å². The van der Waals surface area contributed by atoms with Crippen molar-refractivity contribution in [3.8, 4) is 0 Å². The summed E-state index contributed by atoms with van der Waals surface area (Å²) in [5.41, 5.74) is 0.383. The van der Waals surface area contributed by atoms with Crippen molar-refractivity contribution in [1.82, 2.24) is 10.6 Å². The summed E-state index contributed by atoms with van der Waals surface area (Å²) < 4.78 is 14.7. The van der Waals surface area contributed by atoms with E-state index < -0.39 is 5.67 Å². The minimum Gasteiger partial charge on any atom is -0.352 e. The van der Waals surface area contributed by atoms with Crippen molar-refractivity contribution >= 4 is 5.91 Å². The van der Waals surface area contributed by atoms with Crippen LogP contribution < -0.4 is 10.6 Å². The van der Waals surface area contributed by atoms with Gasteiger partial charge in [0.1, 0.15) is 5.67 Å². The molecule has 1 atom stereocenters. The van der Waals surface area contributed by atoms with Crippen LogP contribution >= 0.6 is 0 Å². The highest BCUT2D eigenvalue weighted by molar-refractivity contribution is 5.94. The number of nitrogens with one attached hydrogen (secondary N) is 2. The molecule has 4 heteroatoms. The Morgan fingerprint density at radius 1 is 1.04 bits per heavy atom. The number of alkyl halides is 1. The second-order valence-electron chi connectivity index (χ2n) is 8.24. The number of halogens is 1. The first kappa shape index (κ1) is 22.6. The Bertz CT molecular complexity index is 538. The maximum Gasteiger partial charge on any atom is 0.251 e. The standard InChI is InChI=1S/C22H37FN2O/c1-6-7-8-9-14-22(4,23)17-18-10-12-19(13-11-18)20(26)25-16-15-21(2,3)24-5/h10-13,24H,6-9,14-17H2,1-5H3,(H,25,26). The zero-order valence-electron chi connectivity index (χ0n) is 17.3. The van der Waals surface area contributed by atoms with E-state index in [-0.39, 0.29) is 11.4 Å². The third-order valence-electron chi connectivity index (χ3n) is 5.05. The maximum absolute atomic E-state index is 14.7. The molecule has 3 nitrogen and oxygen atoms in total. The van der Waals surface area contributed by atoms with Crippen LogP contribution in [0.1, 0.15) is 82.1 Å². The molecule has 1 rings (SSSR count). The van der Waals surface area contributed by atoms with E-state index in [0.717, 1.165) is 24.8 Å². The van der Waals surface area contributed by atoms with Gasteiger partial charge < -0.3 is 10.6 Å². The molecule has 1 unspecified atom stereocenters. The molecule has 2 N–H and O–H groups in total. The molecule has 1 aromatic rings. The van der Waals surface area contributed by atoms with Gasteiger partial charge in [0.05, 0.1) is 0 Å². The minimum atomic E-state index is -1.18. The monoisotopic (exact) mass is 364 g/mol. The first-order valence-electron chi connectivity index (χ1n) is 9.94. The van der Waals surface area contributed by atoms with Crippen LogP contribution in [-0.4, -0.2) is 30.7 Å². The molecule has 0 aromatic heterocycles. The number of amides is 1. The molecule has 26 heavy (non-hydrogen) atoms. The topological polar surface area (TPSA) is 41.1 Å². The summed E-state index contributed by atoms with van der Waals surface area (Å²) in [5.74, 6) is -0.0778. The van der Waals surface area contributed by atoms with Crippen LogP contribution in [0.2, 0.25) is 0 Å². The Morgan fingerprint density at radius 3 is 2.27 bits per heavy atom. The number of hydrogen-bond donors (Lipinski definition) is 2. The molecule has 1 aromatic carbocycles. The highest BCUT2D eigenvalue weighted by atomic mass is 19.1. The van der Waals surface area contributed by atoms with Gasteiger partial charge in [-0.25, -0.2) is 4.39 Å². The van der Waals surface area contributed by atoms with Crippen molar-refractivity contribution in [3.63, 3.8) is 0 Å². The normalized spacial score (nSPS) is 14.1. The lowest BCUT2D eigenvalue weighted by atomic mass is 9.92. The Kier molecular flexibility index (Phi) is 9.28. The smallest absolute Gasteiger partial charge is 0.251 e. The highest BCUT2D eigenvalue weighted by Crippen LogP contribution is 2.25. The van der Waals surface area contributed by atoms with Gasteiger partial charge in [-0.1, -0.05) is 44.7 Å². The van der Waals surface area contributed by atoms with Gasteiger partial charge in [0.2, 0.25) is 0 Å². The summed E-state index contributed by atoms with van der Waals surface area (Å²) in [6.07, 6.45) is 6.22. The first-order chi connectivity index (χ1) is 12.2. The van der Waals surface area contributed by atoms with Gasteiger partial charge in [-0.05, 0) is 58.4 Å². The Morgan fingerprint density at radius 2 is 1.69 bits per heavy atom. The van der Waals surface area contributed by atoms with E-state index in [2.05, 4.69) is 31.4 Å². The third kappa shape index (κ3) is 8.79. The molecule has 0 radical (unpaired) electrons. The van der Waals surface area contributed by atoms with Crippen LogP contribution in [-0.2, 0) is 6.42 Å². The quantitative estimate of drug-likeness (QED) is 0.510. The number of hydrogen-bond acceptors (Lipinski definition) is 2. The Labute approximate surface area is 159 Å². The van der Waals surface area contributed by atoms with E-state index in [1.54, 1.807) is 19.1 Å². The van der Waals surface area contributed by atoms with E-state index in [1.807, 2.05) is 19.2 Å². The van der Waals surface area contributed by atoms with E-state index in [4.69, 9.17) is 0 Å². The van der Waals surface area contributed by atoms with Crippen molar-refractivity contribution < 1.29 is 9.18 Å². The van der Waals surface area contributed by atoms with E-state index in [9.17, 15) is 9.18 Å². The Hall–Kier alpha value is -1.42. The molecule has 0 aliphatic carbocycles. The molecule has 0 aliphatic rings. The molecule has 0 saturated carbocycles. The van der Waals surface area contributed by atoms with Gasteiger partial charge in [-0.15, -0.1) is 0 Å². The molecule has 0 bridgehead atoms. The molecule has 0 spiro atoms. The van der Waals surface area contributed by atoms with E-state index in [1.165, 1.54) is 12.8 Å². The minimum absolute atomic E-state index is 0.000150. The fourth-order valence-electron chi connectivity index (χ4n) is 2.92. The zero-order valence-corrected chi connectivity index (χ0v) is 17.3. The van der Waals surface area contributed by atoms with Gasteiger partial charge in [-0.3, -0.25) is 4.79 Å². The summed E-state index contributed by atoms with van der Waals surface area (Å²) in [5, 5.41) is 6.16. The van der Waals surface area contributed by atoms with Gasteiger partial charge in [0.15, 0.2) is 0 Å². The highest BCUT2D eigenvalue weighted by Gasteiger charge is 2.23. The second-order valence-corrected chi connectivity index (χ2v) is 8.24. The van der Waals surface area contributed by atoms with E-state index >= 15 is 0 Å². The molecule has 0 fully saturated rings. The molecular formula is C22H37FN2O. The average Bonchev–Trinajstić information content (AvgIpc) is 2.59. The Balaban J connectivity index is 2.48. The van der Waals surface area contributed by atoms with Gasteiger partial charge in [0.25, 0.3) is 5.91 Å². The average molecular weight is 365 g/mol. The number of carbonyl (C=O) groups is 1. The predicted octanol–water partition coefficient (Wildman–Crippen LogP) is 5.05. The lowest BCUT2D eigenvalue weighted by Gasteiger charge is -2.23. The molecule has 148 valence electrons. The number of rotatable bonds is 12. The lowest BCUT2D eigenvalue weighted by Crippen LogP contribution is -2.40. The van der Waals surface area contributed by atoms with Crippen LogP contribution in [0.15, 0.2) is 24.3 Å².